The molecule has 0 spiro atoms. The van der Waals surface area contributed by atoms with Crippen LogP contribution in [0.15, 0.2) is 41.1 Å². The topological polar surface area (TPSA) is 55.8 Å². The van der Waals surface area contributed by atoms with Gasteiger partial charge in [-0.2, -0.15) is 0 Å². The molecule has 6 heteroatoms. The molecule has 0 unspecified atom stereocenters. The molecule has 1 heterocycles. The second-order valence-electron chi connectivity index (χ2n) is 5.21. The lowest BCUT2D eigenvalue weighted by Gasteiger charge is -2.16. The van der Waals surface area contributed by atoms with Gasteiger partial charge >= 0.3 is 5.97 Å². The number of allylic oxidation sites excluding steroid dienone is 1. The molecule has 0 saturated carbocycles. The molecule has 1 aliphatic rings. The molecule has 1 aromatic carbocycles. The van der Waals surface area contributed by atoms with E-state index in [1.165, 1.54) is 24.2 Å². The SMILES string of the molecule is CCOC(=O)C1=C(C)N(CCOC)C(=O)/C1=C/c1ccccc1F. The van der Waals surface area contributed by atoms with Crippen molar-refractivity contribution in [2.45, 2.75) is 13.8 Å². The van der Waals surface area contributed by atoms with Crippen LogP contribution in [0.1, 0.15) is 19.4 Å². The summed E-state index contributed by atoms with van der Waals surface area (Å²) in [6, 6.07) is 6.07. The normalized spacial score (nSPS) is 16.2. The highest BCUT2D eigenvalue weighted by Gasteiger charge is 2.37. The first-order valence-electron chi connectivity index (χ1n) is 7.66. The Morgan fingerprint density at radius 3 is 2.67 bits per heavy atom. The molecule has 0 saturated heterocycles. The van der Waals surface area contributed by atoms with Crippen molar-refractivity contribution < 1.29 is 23.5 Å². The van der Waals surface area contributed by atoms with Crippen LogP contribution in [0.3, 0.4) is 0 Å². The van der Waals surface area contributed by atoms with Crippen molar-refractivity contribution in [2.24, 2.45) is 0 Å². The van der Waals surface area contributed by atoms with Crippen molar-refractivity contribution in [2.75, 3.05) is 26.9 Å². The lowest BCUT2D eigenvalue weighted by Crippen LogP contribution is -2.28. The fourth-order valence-electron chi connectivity index (χ4n) is 2.53. The minimum absolute atomic E-state index is 0.132. The lowest BCUT2D eigenvalue weighted by atomic mass is 10.0. The first-order chi connectivity index (χ1) is 11.5. The van der Waals surface area contributed by atoms with Gasteiger partial charge in [0, 0.05) is 24.9 Å². The maximum Gasteiger partial charge on any atom is 0.340 e. The molecule has 0 aliphatic carbocycles. The van der Waals surface area contributed by atoms with Gasteiger partial charge < -0.3 is 14.4 Å². The number of amides is 1. The Bertz CT molecular complexity index is 709. The van der Waals surface area contributed by atoms with Crippen molar-refractivity contribution >= 4 is 18.0 Å². The van der Waals surface area contributed by atoms with Crippen LogP contribution in [0.5, 0.6) is 0 Å². The fourth-order valence-corrected chi connectivity index (χ4v) is 2.53. The number of methoxy groups -OCH3 is 1. The number of carbonyl (C=O) groups is 2. The number of carbonyl (C=O) groups excluding carboxylic acids is 2. The average Bonchev–Trinajstić information content (AvgIpc) is 2.78. The average molecular weight is 333 g/mol. The van der Waals surface area contributed by atoms with E-state index in [1.54, 1.807) is 32.0 Å². The molecule has 0 aromatic heterocycles. The first-order valence-corrected chi connectivity index (χ1v) is 7.66. The molecular weight excluding hydrogens is 313 g/mol. The Morgan fingerprint density at radius 1 is 1.33 bits per heavy atom. The Hall–Kier alpha value is -2.47. The molecule has 5 nitrogen and oxygen atoms in total. The van der Waals surface area contributed by atoms with Gasteiger partial charge in [-0.25, -0.2) is 9.18 Å². The molecule has 1 aromatic rings. The van der Waals surface area contributed by atoms with Crippen molar-refractivity contribution in [3.63, 3.8) is 0 Å². The third-order valence-electron chi connectivity index (χ3n) is 3.72. The molecule has 1 amide bonds. The Kier molecular flexibility index (Phi) is 5.87. The molecule has 1 aliphatic heterocycles. The number of hydrogen-bond acceptors (Lipinski definition) is 4. The third kappa shape index (κ3) is 3.54. The van der Waals surface area contributed by atoms with E-state index in [-0.39, 0.29) is 29.2 Å². The summed E-state index contributed by atoms with van der Waals surface area (Å²) >= 11 is 0. The van der Waals surface area contributed by atoms with Crippen molar-refractivity contribution in [1.29, 1.82) is 0 Å². The van der Waals surface area contributed by atoms with Gasteiger partial charge in [0.2, 0.25) is 0 Å². The smallest absolute Gasteiger partial charge is 0.340 e. The summed E-state index contributed by atoms with van der Waals surface area (Å²) < 4.78 is 24.0. The van der Waals surface area contributed by atoms with E-state index >= 15 is 0 Å². The van der Waals surface area contributed by atoms with Gasteiger partial charge in [0.05, 0.1) is 24.4 Å². The molecule has 2 rings (SSSR count). The maximum atomic E-state index is 13.9. The van der Waals surface area contributed by atoms with Crippen LogP contribution < -0.4 is 0 Å². The van der Waals surface area contributed by atoms with E-state index < -0.39 is 11.8 Å². The van der Waals surface area contributed by atoms with E-state index in [4.69, 9.17) is 9.47 Å². The molecule has 0 radical (unpaired) electrons. The number of nitrogens with zero attached hydrogens (tertiary/aromatic N) is 1. The number of benzene rings is 1. The van der Waals surface area contributed by atoms with Crippen LogP contribution in [0, 0.1) is 5.82 Å². The maximum absolute atomic E-state index is 13.9. The molecule has 0 bridgehead atoms. The number of esters is 1. The van der Waals surface area contributed by atoms with E-state index in [2.05, 4.69) is 0 Å². The third-order valence-corrected chi connectivity index (χ3v) is 3.72. The van der Waals surface area contributed by atoms with Crippen LogP contribution in [0.4, 0.5) is 4.39 Å². The predicted octanol–water partition coefficient (Wildman–Crippen LogP) is 2.53. The number of halogens is 1. The van der Waals surface area contributed by atoms with Crippen LogP contribution >= 0.6 is 0 Å². The van der Waals surface area contributed by atoms with Crippen molar-refractivity contribution in [3.05, 3.63) is 52.5 Å². The molecule has 0 fully saturated rings. The zero-order valence-electron chi connectivity index (χ0n) is 14.0. The Balaban J connectivity index is 2.49. The van der Waals surface area contributed by atoms with Crippen LogP contribution in [-0.4, -0.2) is 43.6 Å². The highest BCUT2D eigenvalue weighted by molar-refractivity contribution is 6.16. The van der Waals surface area contributed by atoms with E-state index in [0.717, 1.165) is 0 Å². The van der Waals surface area contributed by atoms with Crippen LogP contribution in [0.25, 0.3) is 6.08 Å². The summed E-state index contributed by atoms with van der Waals surface area (Å²) in [5.74, 6) is -1.42. The molecule has 24 heavy (non-hydrogen) atoms. The summed E-state index contributed by atoms with van der Waals surface area (Å²) in [5, 5.41) is 0. The standard InChI is InChI=1S/C18H20FNO4/c1-4-24-18(22)16-12(2)20(9-10-23-3)17(21)14(16)11-13-7-5-6-8-15(13)19/h5-8,11H,4,9-10H2,1-3H3/b14-11+. The molecule has 128 valence electrons. The first kappa shape index (κ1) is 17.9. The van der Waals surface area contributed by atoms with Gasteiger partial charge in [0.25, 0.3) is 5.91 Å². The van der Waals surface area contributed by atoms with Crippen molar-refractivity contribution in [1.82, 2.24) is 4.90 Å². The Labute approximate surface area is 140 Å². The number of hydrogen-bond donors (Lipinski definition) is 0. The van der Waals surface area contributed by atoms with Crippen molar-refractivity contribution in [3.8, 4) is 0 Å². The number of ether oxygens (including phenoxy) is 2. The fraction of sp³-hybridized carbons (Fsp3) is 0.333. The van der Waals surface area contributed by atoms with Gasteiger partial charge in [-0.1, -0.05) is 18.2 Å². The van der Waals surface area contributed by atoms with Crippen LogP contribution in [-0.2, 0) is 19.1 Å². The zero-order valence-corrected chi connectivity index (χ0v) is 14.0. The monoisotopic (exact) mass is 333 g/mol. The lowest BCUT2D eigenvalue weighted by molar-refractivity contribution is -0.138. The van der Waals surface area contributed by atoms with Gasteiger partial charge in [-0.15, -0.1) is 0 Å². The minimum Gasteiger partial charge on any atom is -0.462 e. The molecular formula is C18H20FNO4. The van der Waals surface area contributed by atoms with E-state index in [9.17, 15) is 14.0 Å². The quantitative estimate of drug-likeness (QED) is 0.593. The van der Waals surface area contributed by atoms with Gasteiger partial charge in [0.1, 0.15) is 5.82 Å². The number of rotatable bonds is 6. The van der Waals surface area contributed by atoms with Gasteiger partial charge in [0.15, 0.2) is 0 Å². The highest BCUT2D eigenvalue weighted by Crippen LogP contribution is 2.31. The highest BCUT2D eigenvalue weighted by atomic mass is 19.1. The summed E-state index contributed by atoms with van der Waals surface area (Å²) in [4.78, 5) is 26.4. The van der Waals surface area contributed by atoms with E-state index in [0.29, 0.717) is 18.8 Å². The predicted molar refractivity (Wildman–Crippen MR) is 87.3 cm³/mol. The summed E-state index contributed by atoms with van der Waals surface area (Å²) in [5.41, 5.74) is 1.02. The Morgan fingerprint density at radius 2 is 2.04 bits per heavy atom. The molecule has 0 N–H and O–H groups in total. The zero-order chi connectivity index (χ0) is 17.7. The van der Waals surface area contributed by atoms with Gasteiger partial charge in [-0.3, -0.25) is 4.79 Å². The second-order valence-corrected chi connectivity index (χ2v) is 5.21. The largest absolute Gasteiger partial charge is 0.462 e. The summed E-state index contributed by atoms with van der Waals surface area (Å²) in [6.07, 6.45) is 1.39. The summed E-state index contributed by atoms with van der Waals surface area (Å²) in [7, 11) is 1.53. The second kappa shape index (κ2) is 7.88. The molecule has 0 atom stereocenters. The van der Waals surface area contributed by atoms with Crippen LogP contribution in [0.2, 0.25) is 0 Å². The van der Waals surface area contributed by atoms with Gasteiger partial charge in [-0.05, 0) is 26.0 Å². The summed E-state index contributed by atoms with van der Waals surface area (Å²) in [6.45, 7) is 4.18. The van der Waals surface area contributed by atoms with E-state index in [1.807, 2.05) is 0 Å². The minimum atomic E-state index is -0.592.